The van der Waals surface area contributed by atoms with E-state index in [0.717, 1.165) is 9.75 Å². The van der Waals surface area contributed by atoms with E-state index in [2.05, 4.69) is 20.8 Å². The first-order valence-corrected chi connectivity index (χ1v) is 7.02. The molecule has 16 heavy (non-hydrogen) atoms. The van der Waals surface area contributed by atoms with E-state index in [0.29, 0.717) is 0 Å². The van der Waals surface area contributed by atoms with E-state index in [1.807, 2.05) is 35.0 Å². The maximum Gasteiger partial charge on any atom is 0.138 e. The largest absolute Gasteiger partial charge is 0.378 e. The van der Waals surface area contributed by atoms with E-state index in [1.54, 1.807) is 22.7 Å². The summed E-state index contributed by atoms with van der Waals surface area (Å²) in [5.74, 6) is 0. The highest BCUT2D eigenvalue weighted by atomic mass is 32.1. The third-order valence-corrected chi connectivity index (χ3v) is 4.80. The Morgan fingerprint density at radius 3 is 1.62 bits per heavy atom. The van der Waals surface area contributed by atoms with Crippen LogP contribution in [-0.2, 0) is 5.60 Å². The topological polar surface area (TPSA) is 20.2 Å². The summed E-state index contributed by atoms with van der Waals surface area (Å²) in [7, 11) is 0. The highest BCUT2D eigenvalue weighted by molar-refractivity contribution is 7.11. The number of hydrogen-bond acceptors (Lipinski definition) is 3. The van der Waals surface area contributed by atoms with Crippen LogP contribution in [0.5, 0.6) is 0 Å². The molecule has 0 amide bonds. The van der Waals surface area contributed by atoms with Gasteiger partial charge in [-0.15, -0.1) is 22.7 Å². The van der Waals surface area contributed by atoms with Crippen molar-refractivity contribution in [1.29, 1.82) is 0 Å². The first kappa shape index (κ1) is 11.8. The lowest BCUT2D eigenvalue weighted by atomic mass is 9.74. The van der Waals surface area contributed by atoms with Crippen LogP contribution in [0.1, 0.15) is 30.5 Å². The van der Waals surface area contributed by atoms with E-state index < -0.39 is 5.60 Å². The first-order valence-electron chi connectivity index (χ1n) is 5.26. The third kappa shape index (κ3) is 1.73. The predicted octanol–water partition coefficient (Wildman–Crippen LogP) is 4.09. The van der Waals surface area contributed by atoms with Crippen LogP contribution >= 0.6 is 22.7 Å². The molecule has 2 rings (SSSR count). The summed E-state index contributed by atoms with van der Waals surface area (Å²) in [6.07, 6.45) is 0. The van der Waals surface area contributed by atoms with Gasteiger partial charge in [-0.3, -0.25) is 0 Å². The van der Waals surface area contributed by atoms with Crippen molar-refractivity contribution in [2.45, 2.75) is 26.4 Å². The molecule has 0 atom stereocenters. The van der Waals surface area contributed by atoms with Gasteiger partial charge in [0.1, 0.15) is 5.60 Å². The lowest BCUT2D eigenvalue weighted by Gasteiger charge is -2.39. The summed E-state index contributed by atoms with van der Waals surface area (Å²) in [6.45, 7) is 6.23. The standard InChI is InChI=1S/C13H16OS2/c1-12(2,3)13(14,10-6-4-8-15-10)11-7-5-9-16-11/h4-9,14H,1-3H3. The highest BCUT2D eigenvalue weighted by Gasteiger charge is 2.44. The molecular formula is C13H16OS2. The van der Waals surface area contributed by atoms with Gasteiger partial charge in [0, 0.05) is 15.2 Å². The fraction of sp³-hybridized carbons (Fsp3) is 0.385. The number of rotatable bonds is 2. The van der Waals surface area contributed by atoms with Crippen molar-refractivity contribution in [2.75, 3.05) is 0 Å². The van der Waals surface area contributed by atoms with E-state index in [1.165, 1.54) is 0 Å². The van der Waals surface area contributed by atoms with Crippen LogP contribution in [0.4, 0.5) is 0 Å². The average Bonchev–Trinajstić information content (AvgIpc) is 2.88. The molecule has 0 aliphatic carbocycles. The zero-order valence-corrected chi connectivity index (χ0v) is 11.4. The summed E-state index contributed by atoms with van der Waals surface area (Å²) >= 11 is 3.22. The predicted molar refractivity (Wildman–Crippen MR) is 71.1 cm³/mol. The molecule has 1 nitrogen and oxygen atoms in total. The van der Waals surface area contributed by atoms with Crippen LogP contribution in [0.25, 0.3) is 0 Å². The van der Waals surface area contributed by atoms with Gasteiger partial charge < -0.3 is 5.11 Å². The smallest absolute Gasteiger partial charge is 0.138 e. The van der Waals surface area contributed by atoms with Crippen molar-refractivity contribution in [3.05, 3.63) is 44.8 Å². The zero-order chi connectivity index (χ0) is 11.8. The Balaban J connectivity index is 2.59. The van der Waals surface area contributed by atoms with Gasteiger partial charge in [-0.25, -0.2) is 0 Å². The quantitative estimate of drug-likeness (QED) is 0.853. The Labute approximate surface area is 104 Å². The molecule has 1 N–H and O–H groups in total. The zero-order valence-electron chi connectivity index (χ0n) is 9.73. The maximum atomic E-state index is 11.1. The second-order valence-electron chi connectivity index (χ2n) is 4.92. The van der Waals surface area contributed by atoms with Crippen LogP contribution < -0.4 is 0 Å². The molecule has 0 saturated heterocycles. The van der Waals surface area contributed by atoms with Gasteiger partial charge in [-0.2, -0.15) is 0 Å². The van der Waals surface area contributed by atoms with Crippen molar-refractivity contribution >= 4 is 22.7 Å². The van der Waals surface area contributed by atoms with Gasteiger partial charge in [0.25, 0.3) is 0 Å². The minimum absolute atomic E-state index is 0.220. The van der Waals surface area contributed by atoms with Gasteiger partial charge in [0.05, 0.1) is 0 Å². The molecule has 3 heteroatoms. The molecule has 0 saturated carbocycles. The van der Waals surface area contributed by atoms with Crippen LogP contribution in [0.3, 0.4) is 0 Å². The molecule has 86 valence electrons. The van der Waals surface area contributed by atoms with Crippen molar-refractivity contribution in [3.8, 4) is 0 Å². The summed E-state index contributed by atoms with van der Waals surface area (Å²) in [4.78, 5) is 2.03. The number of hydrogen-bond donors (Lipinski definition) is 1. The molecule has 2 heterocycles. The lowest BCUT2D eigenvalue weighted by molar-refractivity contribution is -0.0195. The van der Waals surface area contributed by atoms with Crippen molar-refractivity contribution in [2.24, 2.45) is 5.41 Å². The number of aliphatic hydroxyl groups is 1. The molecule has 0 bridgehead atoms. The van der Waals surface area contributed by atoms with E-state index in [4.69, 9.17) is 0 Å². The van der Waals surface area contributed by atoms with Crippen LogP contribution in [0, 0.1) is 5.41 Å². The normalized spacial score (nSPS) is 13.0. The third-order valence-electron chi connectivity index (χ3n) is 2.84. The highest BCUT2D eigenvalue weighted by Crippen LogP contribution is 2.47. The molecule has 0 aromatic carbocycles. The summed E-state index contributed by atoms with van der Waals surface area (Å²) < 4.78 is 0. The Kier molecular flexibility index (Phi) is 2.95. The minimum Gasteiger partial charge on any atom is -0.378 e. The van der Waals surface area contributed by atoms with Crippen molar-refractivity contribution in [3.63, 3.8) is 0 Å². The van der Waals surface area contributed by atoms with Gasteiger partial charge in [0.15, 0.2) is 0 Å². The number of thiophene rings is 2. The molecule has 2 aromatic rings. The van der Waals surface area contributed by atoms with Crippen molar-refractivity contribution in [1.82, 2.24) is 0 Å². The summed E-state index contributed by atoms with van der Waals surface area (Å²) in [6, 6.07) is 8.00. The van der Waals surface area contributed by atoms with Gasteiger partial charge in [-0.1, -0.05) is 32.9 Å². The van der Waals surface area contributed by atoms with Crippen LogP contribution in [0.15, 0.2) is 35.0 Å². The minimum atomic E-state index is -0.880. The van der Waals surface area contributed by atoms with Gasteiger partial charge in [-0.05, 0) is 22.9 Å². The van der Waals surface area contributed by atoms with Crippen LogP contribution in [0.2, 0.25) is 0 Å². The Morgan fingerprint density at radius 1 is 0.938 bits per heavy atom. The summed E-state index contributed by atoms with van der Waals surface area (Å²) in [5, 5.41) is 15.1. The Bertz CT molecular complexity index is 400. The van der Waals surface area contributed by atoms with Crippen LogP contribution in [-0.4, -0.2) is 5.11 Å². The molecule has 0 fully saturated rings. The first-order chi connectivity index (χ1) is 7.46. The summed E-state index contributed by atoms with van der Waals surface area (Å²) in [5.41, 5.74) is -1.10. The molecule has 0 aliphatic heterocycles. The molecular weight excluding hydrogens is 236 g/mol. The van der Waals surface area contributed by atoms with Gasteiger partial charge >= 0.3 is 0 Å². The fourth-order valence-electron chi connectivity index (χ4n) is 1.83. The molecule has 0 aliphatic rings. The second kappa shape index (κ2) is 3.99. The van der Waals surface area contributed by atoms with E-state index in [-0.39, 0.29) is 5.41 Å². The molecule has 2 aromatic heterocycles. The SMILES string of the molecule is CC(C)(C)C(O)(c1cccs1)c1cccs1. The molecule has 0 spiro atoms. The lowest BCUT2D eigenvalue weighted by Crippen LogP contribution is -2.39. The van der Waals surface area contributed by atoms with E-state index in [9.17, 15) is 5.11 Å². The van der Waals surface area contributed by atoms with E-state index >= 15 is 0 Å². The fourth-order valence-corrected chi connectivity index (χ4v) is 3.99. The van der Waals surface area contributed by atoms with Crippen molar-refractivity contribution < 1.29 is 5.11 Å². The molecule has 0 radical (unpaired) electrons. The monoisotopic (exact) mass is 252 g/mol. The average molecular weight is 252 g/mol. The second-order valence-corrected chi connectivity index (χ2v) is 6.81. The Morgan fingerprint density at radius 2 is 1.38 bits per heavy atom. The van der Waals surface area contributed by atoms with Gasteiger partial charge in [0.2, 0.25) is 0 Å². The Hall–Kier alpha value is -0.640. The maximum absolute atomic E-state index is 11.1. The molecule has 0 unspecified atom stereocenters.